The van der Waals surface area contributed by atoms with Crippen LogP contribution in [-0.4, -0.2) is 30.4 Å². The van der Waals surface area contributed by atoms with Crippen LogP contribution in [0.15, 0.2) is 59.2 Å². The van der Waals surface area contributed by atoms with Gasteiger partial charge in [-0.25, -0.2) is 9.18 Å². The van der Waals surface area contributed by atoms with Crippen LogP contribution in [0.5, 0.6) is 11.5 Å². The van der Waals surface area contributed by atoms with Crippen molar-refractivity contribution in [2.45, 2.75) is 38.7 Å². The van der Waals surface area contributed by atoms with E-state index in [1.807, 2.05) is 0 Å². The Labute approximate surface area is 211 Å². The van der Waals surface area contributed by atoms with Gasteiger partial charge in [0.25, 0.3) is 0 Å². The third-order valence-electron chi connectivity index (χ3n) is 6.12. The molecule has 0 saturated heterocycles. The van der Waals surface area contributed by atoms with Crippen LogP contribution in [0.2, 0.25) is 0 Å². The van der Waals surface area contributed by atoms with E-state index in [2.05, 4.69) is 0 Å². The minimum Gasteiger partial charge on any atom is -0.496 e. The molecule has 194 valence electrons. The molecule has 2 aliphatic rings. The standard InChI is InChI=1S/C26H25FN2O8/c1-3-35-26(31)24-22(23-18(30)5-4-6-20(23)37-25(24)28)14-7-10-19(34-2)15(11-14)13-36-21-12-16(27)8-9-17(21)29(32)33/h7-12,22H,3-6,13,28H2,1-2H3/t22-/m0/s1. The van der Waals surface area contributed by atoms with Gasteiger partial charge >= 0.3 is 11.7 Å². The Kier molecular flexibility index (Phi) is 7.42. The van der Waals surface area contributed by atoms with Crippen LogP contribution in [-0.2, 0) is 25.7 Å². The molecule has 0 fully saturated rings. The predicted molar refractivity (Wildman–Crippen MR) is 128 cm³/mol. The summed E-state index contributed by atoms with van der Waals surface area (Å²) in [4.78, 5) is 36.6. The van der Waals surface area contributed by atoms with Gasteiger partial charge < -0.3 is 24.7 Å². The van der Waals surface area contributed by atoms with E-state index in [0.717, 1.165) is 18.2 Å². The van der Waals surface area contributed by atoms with E-state index in [0.29, 0.717) is 47.5 Å². The first-order valence-corrected chi connectivity index (χ1v) is 11.6. The number of rotatable bonds is 8. The average Bonchev–Trinajstić information content (AvgIpc) is 2.86. The number of allylic oxidation sites excluding steroid dienone is 2. The molecule has 2 aromatic rings. The minimum absolute atomic E-state index is 0.00801. The fraction of sp³-hybridized carbons (Fsp3) is 0.308. The summed E-state index contributed by atoms with van der Waals surface area (Å²) in [7, 11) is 1.44. The van der Waals surface area contributed by atoms with Gasteiger partial charge in [-0.05, 0) is 37.1 Å². The van der Waals surface area contributed by atoms with Gasteiger partial charge in [0.05, 0.1) is 24.6 Å². The Bertz CT molecular complexity index is 1330. The molecular formula is C26H25FN2O8. The van der Waals surface area contributed by atoms with Crippen molar-refractivity contribution in [3.8, 4) is 11.5 Å². The Morgan fingerprint density at radius 1 is 1.22 bits per heavy atom. The van der Waals surface area contributed by atoms with Crippen molar-refractivity contribution in [2.75, 3.05) is 13.7 Å². The highest BCUT2D eigenvalue weighted by Crippen LogP contribution is 2.45. The first-order chi connectivity index (χ1) is 17.7. The zero-order chi connectivity index (χ0) is 26.7. The van der Waals surface area contributed by atoms with E-state index in [1.54, 1.807) is 25.1 Å². The van der Waals surface area contributed by atoms with E-state index in [1.165, 1.54) is 7.11 Å². The number of nitro benzene ring substituents is 1. The van der Waals surface area contributed by atoms with Crippen LogP contribution in [0, 0.1) is 15.9 Å². The van der Waals surface area contributed by atoms with Crippen molar-refractivity contribution in [3.05, 3.63) is 86.2 Å². The van der Waals surface area contributed by atoms with Crippen molar-refractivity contribution in [2.24, 2.45) is 5.73 Å². The third kappa shape index (κ3) is 5.11. The number of nitrogens with zero attached hydrogens (tertiary/aromatic N) is 1. The van der Waals surface area contributed by atoms with E-state index in [9.17, 15) is 24.1 Å². The van der Waals surface area contributed by atoms with Crippen molar-refractivity contribution in [1.29, 1.82) is 0 Å². The molecule has 0 amide bonds. The summed E-state index contributed by atoms with van der Waals surface area (Å²) in [6.07, 6.45) is 1.38. The number of ether oxygens (including phenoxy) is 4. The summed E-state index contributed by atoms with van der Waals surface area (Å²) in [5.74, 6) is -2.02. The molecular weight excluding hydrogens is 487 g/mol. The molecule has 0 spiro atoms. The van der Waals surface area contributed by atoms with Gasteiger partial charge in [0.15, 0.2) is 11.5 Å². The summed E-state index contributed by atoms with van der Waals surface area (Å²) in [5.41, 5.74) is 7.04. The highest BCUT2D eigenvalue weighted by atomic mass is 19.1. The molecule has 2 N–H and O–H groups in total. The molecule has 11 heteroatoms. The molecule has 10 nitrogen and oxygen atoms in total. The molecule has 1 aliphatic carbocycles. The lowest BCUT2D eigenvalue weighted by atomic mass is 9.77. The molecule has 4 rings (SSSR count). The van der Waals surface area contributed by atoms with Crippen LogP contribution >= 0.6 is 0 Å². The van der Waals surface area contributed by atoms with Gasteiger partial charge in [-0.15, -0.1) is 0 Å². The van der Waals surface area contributed by atoms with Crippen molar-refractivity contribution < 1.29 is 37.9 Å². The molecule has 2 aromatic carbocycles. The number of carbonyl (C=O) groups is 2. The Hall–Kier alpha value is -4.41. The van der Waals surface area contributed by atoms with Crippen LogP contribution < -0.4 is 15.2 Å². The van der Waals surface area contributed by atoms with Gasteiger partial charge in [0, 0.05) is 36.1 Å². The quantitative estimate of drug-likeness (QED) is 0.313. The maximum atomic E-state index is 13.8. The number of esters is 1. The SMILES string of the molecule is CCOC(=O)C1=C(N)OC2=C(C(=O)CCC2)[C@@H]1c1ccc(OC)c(COc2cc(F)ccc2[N+](=O)[O-])c1. The lowest BCUT2D eigenvalue weighted by Gasteiger charge is -2.32. The summed E-state index contributed by atoms with van der Waals surface area (Å²) >= 11 is 0. The van der Waals surface area contributed by atoms with Crippen LogP contribution in [0.3, 0.4) is 0 Å². The predicted octanol–water partition coefficient (Wildman–Crippen LogP) is 4.18. The molecule has 37 heavy (non-hydrogen) atoms. The molecule has 0 unspecified atom stereocenters. The number of halogens is 1. The summed E-state index contributed by atoms with van der Waals surface area (Å²) in [5, 5.41) is 11.3. The number of methoxy groups -OCH3 is 1. The first kappa shape index (κ1) is 25.7. The van der Waals surface area contributed by atoms with E-state index < -0.39 is 28.3 Å². The Morgan fingerprint density at radius 3 is 2.70 bits per heavy atom. The number of benzene rings is 2. The second kappa shape index (κ2) is 10.7. The Balaban J connectivity index is 1.77. The summed E-state index contributed by atoms with van der Waals surface area (Å²) in [6.45, 7) is 1.52. The van der Waals surface area contributed by atoms with Crippen molar-refractivity contribution in [1.82, 2.24) is 0 Å². The van der Waals surface area contributed by atoms with Gasteiger partial charge in [-0.2, -0.15) is 0 Å². The maximum Gasteiger partial charge on any atom is 0.340 e. The largest absolute Gasteiger partial charge is 0.496 e. The normalized spacial score (nSPS) is 17.2. The smallest absolute Gasteiger partial charge is 0.340 e. The van der Waals surface area contributed by atoms with Gasteiger partial charge in [0.1, 0.15) is 29.5 Å². The van der Waals surface area contributed by atoms with Gasteiger partial charge in [0.2, 0.25) is 5.88 Å². The topological polar surface area (TPSA) is 140 Å². The summed E-state index contributed by atoms with van der Waals surface area (Å²) in [6, 6.07) is 7.86. The molecule has 0 saturated carbocycles. The van der Waals surface area contributed by atoms with Gasteiger partial charge in [-0.1, -0.05) is 6.07 Å². The average molecular weight is 512 g/mol. The lowest BCUT2D eigenvalue weighted by Crippen LogP contribution is -2.31. The van der Waals surface area contributed by atoms with E-state index in [-0.39, 0.29) is 36.2 Å². The maximum absolute atomic E-state index is 13.8. The second-order valence-electron chi connectivity index (χ2n) is 8.38. The highest BCUT2D eigenvalue weighted by Gasteiger charge is 2.41. The number of Topliss-reactive ketones (excluding diaryl/α,β-unsaturated/α-hetero) is 1. The van der Waals surface area contributed by atoms with Crippen molar-refractivity contribution in [3.63, 3.8) is 0 Å². The fourth-order valence-electron chi connectivity index (χ4n) is 4.50. The first-order valence-electron chi connectivity index (χ1n) is 11.6. The highest BCUT2D eigenvalue weighted by molar-refractivity contribution is 6.03. The molecule has 0 bridgehead atoms. The number of hydrogen-bond acceptors (Lipinski definition) is 9. The zero-order valence-corrected chi connectivity index (χ0v) is 20.2. The second-order valence-corrected chi connectivity index (χ2v) is 8.38. The number of nitrogens with two attached hydrogens (primary N) is 1. The van der Waals surface area contributed by atoms with E-state index >= 15 is 0 Å². The third-order valence-corrected chi connectivity index (χ3v) is 6.12. The number of nitro groups is 1. The van der Waals surface area contributed by atoms with Gasteiger partial charge in [-0.3, -0.25) is 14.9 Å². The number of hydrogen-bond donors (Lipinski definition) is 1. The van der Waals surface area contributed by atoms with Crippen LogP contribution in [0.25, 0.3) is 0 Å². The zero-order valence-electron chi connectivity index (χ0n) is 20.2. The number of ketones is 1. The fourth-order valence-corrected chi connectivity index (χ4v) is 4.50. The molecule has 1 atom stereocenters. The molecule has 1 aliphatic heterocycles. The molecule has 0 radical (unpaired) electrons. The van der Waals surface area contributed by atoms with Crippen LogP contribution in [0.4, 0.5) is 10.1 Å². The Morgan fingerprint density at radius 2 is 2.00 bits per heavy atom. The number of carbonyl (C=O) groups excluding carboxylic acids is 2. The summed E-state index contributed by atoms with van der Waals surface area (Å²) < 4.78 is 35.7. The monoisotopic (exact) mass is 512 g/mol. The van der Waals surface area contributed by atoms with Crippen LogP contribution in [0.1, 0.15) is 43.2 Å². The molecule has 0 aromatic heterocycles. The molecule has 1 heterocycles. The lowest BCUT2D eigenvalue weighted by molar-refractivity contribution is -0.386. The van der Waals surface area contributed by atoms with E-state index in [4.69, 9.17) is 24.7 Å². The minimum atomic E-state index is -0.858. The van der Waals surface area contributed by atoms with Crippen molar-refractivity contribution >= 4 is 17.4 Å².